The molecule has 0 bridgehead atoms. The minimum atomic E-state index is -3.22. The molecular weight excluding hydrogens is 239 g/mol. The van der Waals surface area contributed by atoms with E-state index in [0.717, 1.165) is 17.4 Å². The van der Waals surface area contributed by atoms with Gasteiger partial charge in [0.1, 0.15) is 6.29 Å². The Morgan fingerprint density at radius 2 is 2.00 bits per heavy atom. The molecule has 0 aromatic heterocycles. The van der Waals surface area contributed by atoms with Gasteiger partial charge in [-0.2, -0.15) is 0 Å². The summed E-state index contributed by atoms with van der Waals surface area (Å²) in [5.41, 5.74) is 1.96. The molecule has 0 aromatic carbocycles. The summed E-state index contributed by atoms with van der Waals surface area (Å²) in [7, 11) is -0.467. The van der Waals surface area contributed by atoms with E-state index in [-0.39, 0.29) is 5.92 Å². The van der Waals surface area contributed by atoms with Crippen LogP contribution in [0.5, 0.6) is 0 Å². The monoisotopic (exact) mass is 258 g/mol. The zero-order valence-electron chi connectivity index (χ0n) is 10.7. The molecule has 0 heterocycles. The molecule has 0 aliphatic heterocycles. The van der Waals surface area contributed by atoms with Crippen LogP contribution in [0.4, 0.5) is 0 Å². The molecule has 4 nitrogen and oxygen atoms in total. The van der Waals surface area contributed by atoms with Gasteiger partial charge in [0.25, 0.3) is 0 Å². The summed E-state index contributed by atoms with van der Waals surface area (Å²) in [4.78, 5) is 10.8. The van der Waals surface area contributed by atoms with Gasteiger partial charge in [0.05, 0.1) is 5.31 Å². The van der Waals surface area contributed by atoms with E-state index >= 15 is 0 Å². The Morgan fingerprint density at radius 3 is 2.41 bits per heavy atom. The van der Waals surface area contributed by atoms with Crippen molar-refractivity contribution in [2.45, 2.75) is 26.7 Å². The van der Waals surface area contributed by atoms with Gasteiger partial charge < -0.3 is 13.8 Å². The molecule has 5 heteroatoms. The molecule has 0 aromatic rings. The minimum absolute atomic E-state index is 0.0363. The molecule has 1 aliphatic rings. The van der Waals surface area contributed by atoms with Crippen molar-refractivity contribution in [3.63, 3.8) is 0 Å². The first-order valence-electron chi connectivity index (χ1n) is 5.52. The average Bonchev–Trinajstić information content (AvgIpc) is 2.37. The first-order chi connectivity index (χ1) is 7.98. The fourth-order valence-corrected chi connectivity index (χ4v) is 3.47. The van der Waals surface area contributed by atoms with Crippen molar-refractivity contribution in [2.24, 2.45) is 5.92 Å². The summed E-state index contributed by atoms with van der Waals surface area (Å²) in [6, 6.07) is 0. The molecule has 0 amide bonds. The summed E-state index contributed by atoms with van der Waals surface area (Å²) in [5.74, 6) is -0.0363. The lowest BCUT2D eigenvalue weighted by atomic mass is 9.89. The van der Waals surface area contributed by atoms with Crippen LogP contribution in [-0.2, 0) is 18.4 Å². The van der Waals surface area contributed by atoms with E-state index in [2.05, 4.69) is 0 Å². The smallest absolute Gasteiger partial charge is 0.309 e. The van der Waals surface area contributed by atoms with E-state index in [4.69, 9.17) is 9.05 Å². The van der Waals surface area contributed by atoms with Crippen molar-refractivity contribution in [3.8, 4) is 0 Å². The maximum Gasteiger partial charge on any atom is 0.360 e. The second-order valence-corrected chi connectivity index (χ2v) is 6.47. The maximum absolute atomic E-state index is 12.4. The molecule has 0 N–H and O–H groups in total. The average molecular weight is 258 g/mol. The van der Waals surface area contributed by atoms with Crippen LogP contribution < -0.4 is 0 Å². The van der Waals surface area contributed by atoms with Crippen molar-refractivity contribution in [1.82, 2.24) is 0 Å². The largest absolute Gasteiger partial charge is 0.360 e. The van der Waals surface area contributed by atoms with Gasteiger partial charge in [-0.1, -0.05) is 11.6 Å². The first-order valence-corrected chi connectivity index (χ1v) is 7.07. The van der Waals surface area contributed by atoms with Crippen LogP contribution in [-0.4, -0.2) is 20.5 Å². The Labute approximate surface area is 102 Å². The molecule has 1 atom stereocenters. The third-order valence-electron chi connectivity index (χ3n) is 2.96. The molecule has 1 unspecified atom stereocenters. The molecule has 96 valence electrons. The third kappa shape index (κ3) is 2.95. The maximum atomic E-state index is 12.4. The fourth-order valence-electron chi connectivity index (χ4n) is 1.95. The predicted molar refractivity (Wildman–Crippen MR) is 66.9 cm³/mol. The predicted octanol–water partition coefficient (Wildman–Crippen LogP) is 3.30. The highest BCUT2D eigenvalue weighted by atomic mass is 31.2. The number of carbonyl (C=O) groups excluding carboxylic acids is 1. The molecule has 17 heavy (non-hydrogen) atoms. The van der Waals surface area contributed by atoms with Gasteiger partial charge in [-0.05, 0) is 32.3 Å². The van der Waals surface area contributed by atoms with E-state index in [9.17, 15) is 9.36 Å². The van der Waals surface area contributed by atoms with Gasteiger partial charge in [-0.15, -0.1) is 0 Å². The van der Waals surface area contributed by atoms with Gasteiger partial charge in [-0.3, -0.25) is 4.57 Å². The van der Waals surface area contributed by atoms with E-state index in [1.54, 1.807) is 6.08 Å². The lowest BCUT2D eigenvalue weighted by Crippen LogP contribution is -2.12. The van der Waals surface area contributed by atoms with Gasteiger partial charge in [0.2, 0.25) is 0 Å². The SMILES string of the molecule is COP(=O)(OC)C1=CCC(C=O)CC1=C(C)C. The Balaban J connectivity index is 3.22. The molecular formula is C12H19O4P. The molecule has 0 saturated heterocycles. The van der Waals surface area contributed by atoms with E-state index in [0.29, 0.717) is 18.2 Å². The van der Waals surface area contributed by atoms with Gasteiger partial charge in [0.15, 0.2) is 0 Å². The number of hydrogen-bond acceptors (Lipinski definition) is 4. The molecule has 0 saturated carbocycles. The second kappa shape index (κ2) is 5.76. The molecule has 0 radical (unpaired) electrons. The summed E-state index contributed by atoms with van der Waals surface area (Å²) < 4.78 is 22.4. The lowest BCUT2D eigenvalue weighted by Gasteiger charge is -2.26. The van der Waals surface area contributed by atoms with Crippen LogP contribution in [0.1, 0.15) is 26.7 Å². The highest BCUT2D eigenvalue weighted by Crippen LogP contribution is 2.60. The quantitative estimate of drug-likeness (QED) is 0.573. The number of carbonyl (C=O) groups is 1. The number of rotatable bonds is 4. The van der Waals surface area contributed by atoms with Crippen molar-refractivity contribution in [1.29, 1.82) is 0 Å². The molecule has 1 rings (SSSR count). The topological polar surface area (TPSA) is 52.6 Å². The Morgan fingerprint density at radius 1 is 1.41 bits per heavy atom. The fraction of sp³-hybridized carbons (Fsp3) is 0.583. The summed E-state index contributed by atoms with van der Waals surface area (Å²) in [5, 5.41) is 0.612. The summed E-state index contributed by atoms with van der Waals surface area (Å²) in [6.07, 6.45) is 3.94. The van der Waals surface area contributed by atoms with E-state index in [1.165, 1.54) is 14.2 Å². The number of hydrogen-bond donors (Lipinski definition) is 0. The van der Waals surface area contributed by atoms with Crippen LogP contribution in [0, 0.1) is 5.92 Å². The lowest BCUT2D eigenvalue weighted by molar-refractivity contribution is -0.111. The van der Waals surface area contributed by atoms with Crippen molar-refractivity contribution in [3.05, 3.63) is 22.5 Å². The van der Waals surface area contributed by atoms with Gasteiger partial charge >= 0.3 is 7.60 Å². The molecule has 0 fully saturated rings. The number of allylic oxidation sites excluding steroid dienone is 4. The Bertz CT molecular complexity index is 397. The minimum Gasteiger partial charge on any atom is -0.309 e. The van der Waals surface area contributed by atoms with Gasteiger partial charge in [0, 0.05) is 20.1 Å². The van der Waals surface area contributed by atoms with E-state index in [1.807, 2.05) is 13.8 Å². The Hall–Kier alpha value is -0.700. The van der Waals surface area contributed by atoms with Crippen LogP contribution >= 0.6 is 7.60 Å². The van der Waals surface area contributed by atoms with E-state index < -0.39 is 7.60 Å². The summed E-state index contributed by atoms with van der Waals surface area (Å²) >= 11 is 0. The number of aldehydes is 1. The zero-order valence-corrected chi connectivity index (χ0v) is 11.6. The first kappa shape index (κ1) is 14.4. The van der Waals surface area contributed by atoms with Gasteiger partial charge in [-0.25, -0.2) is 0 Å². The van der Waals surface area contributed by atoms with Crippen LogP contribution in [0.2, 0.25) is 0 Å². The van der Waals surface area contributed by atoms with Crippen molar-refractivity contribution in [2.75, 3.05) is 14.2 Å². The Kier molecular flexibility index (Phi) is 4.87. The highest BCUT2D eigenvalue weighted by Gasteiger charge is 2.34. The highest BCUT2D eigenvalue weighted by molar-refractivity contribution is 7.58. The van der Waals surface area contributed by atoms with Crippen LogP contribution in [0.15, 0.2) is 22.5 Å². The van der Waals surface area contributed by atoms with Crippen LogP contribution in [0.25, 0.3) is 0 Å². The third-order valence-corrected chi connectivity index (χ3v) is 4.97. The molecule has 0 spiro atoms. The normalized spacial score (nSPS) is 21.1. The van der Waals surface area contributed by atoms with Crippen LogP contribution in [0.3, 0.4) is 0 Å². The van der Waals surface area contributed by atoms with Crippen molar-refractivity contribution < 1.29 is 18.4 Å². The standard InChI is InChI=1S/C12H19O4P/c1-9(2)11-7-10(8-13)5-6-12(11)17(14,15-3)16-4/h6,8,10H,5,7H2,1-4H3. The van der Waals surface area contributed by atoms with Crippen molar-refractivity contribution >= 4 is 13.9 Å². The summed E-state index contributed by atoms with van der Waals surface area (Å²) in [6.45, 7) is 3.87. The zero-order chi connectivity index (χ0) is 13.1. The molecule has 1 aliphatic carbocycles. The second-order valence-electron chi connectivity index (χ2n) is 4.27.